The number of hydrogen-bond acceptors (Lipinski definition) is 5. The van der Waals surface area contributed by atoms with Crippen LogP contribution in [-0.4, -0.2) is 28.8 Å². The number of carbonyl (C=O) groups excluding carboxylic acids is 1. The summed E-state index contributed by atoms with van der Waals surface area (Å²) < 4.78 is 2.44. The van der Waals surface area contributed by atoms with Gasteiger partial charge >= 0.3 is 5.97 Å². The summed E-state index contributed by atoms with van der Waals surface area (Å²) >= 11 is 0.571. The number of carboxylic acid groups (broad SMARTS) is 1. The van der Waals surface area contributed by atoms with Crippen molar-refractivity contribution in [1.29, 1.82) is 0 Å². The van der Waals surface area contributed by atoms with Gasteiger partial charge in [0.25, 0.3) is 0 Å². The van der Waals surface area contributed by atoms with Crippen LogP contribution in [0.3, 0.4) is 0 Å². The van der Waals surface area contributed by atoms with Gasteiger partial charge in [-0.15, -0.1) is 4.91 Å². The smallest absolute Gasteiger partial charge is 0.327 e. The van der Waals surface area contributed by atoms with Crippen LogP contribution in [-0.2, 0) is 9.59 Å². The molecule has 0 unspecified atom stereocenters. The molecule has 0 fully saturated rings. The molecule has 0 aromatic carbocycles. The van der Waals surface area contributed by atoms with E-state index >= 15 is 0 Å². The minimum absolute atomic E-state index is 0.0510. The Kier molecular flexibility index (Phi) is 5.86. The Morgan fingerprint density at radius 3 is 2.62 bits per heavy atom. The first-order chi connectivity index (χ1) is 6.11. The van der Waals surface area contributed by atoms with Crippen LogP contribution in [0.25, 0.3) is 0 Å². The summed E-state index contributed by atoms with van der Waals surface area (Å²) in [6, 6.07) is -1.05. The monoisotopic (exact) mass is 206 g/mol. The number of rotatable bonds is 6. The number of carbonyl (C=O) groups is 2. The Balaban J connectivity index is 4.01. The summed E-state index contributed by atoms with van der Waals surface area (Å²) in [5.41, 5.74) is 0. The van der Waals surface area contributed by atoms with Crippen molar-refractivity contribution in [3.63, 3.8) is 0 Å². The first kappa shape index (κ1) is 11.9. The Hall–Kier alpha value is -1.11. The van der Waals surface area contributed by atoms with E-state index < -0.39 is 12.0 Å². The van der Waals surface area contributed by atoms with E-state index in [2.05, 4.69) is 9.90 Å². The van der Waals surface area contributed by atoms with Gasteiger partial charge in [0.15, 0.2) is 0 Å². The van der Waals surface area contributed by atoms with Gasteiger partial charge in [-0.1, -0.05) is 6.92 Å². The number of aliphatic carboxylic acids is 1. The predicted octanol–water partition coefficient (Wildman–Crippen LogP) is 0.380. The second kappa shape index (κ2) is 6.41. The molecule has 0 rings (SSSR count). The standard InChI is InChI=1S/C6H10N2O4S/c1-2-5(9)7-4(6(10)11)3-13-8-12/h4H,2-3H2,1H3,(H,7,9)(H,10,11)/t4-/m0/s1. The molecule has 0 saturated carbocycles. The van der Waals surface area contributed by atoms with Gasteiger partial charge in [-0.05, 0) is 0 Å². The van der Waals surface area contributed by atoms with Crippen LogP contribution >= 0.6 is 11.9 Å². The van der Waals surface area contributed by atoms with Crippen LogP contribution in [0.1, 0.15) is 13.3 Å². The van der Waals surface area contributed by atoms with E-state index in [1.807, 2.05) is 0 Å². The second-order valence-corrected chi connectivity index (χ2v) is 2.92. The first-order valence-electron chi connectivity index (χ1n) is 3.58. The summed E-state index contributed by atoms with van der Waals surface area (Å²) in [6.07, 6.45) is 0.211. The molecule has 0 aliphatic carbocycles. The lowest BCUT2D eigenvalue weighted by Gasteiger charge is -2.10. The zero-order chi connectivity index (χ0) is 10.3. The molecule has 0 aromatic rings. The maximum atomic E-state index is 10.8. The van der Waals surface area contributed by atoms with Gasteiger partial charge in [0.05, 0.1) is 0 Å². The summed E-state index contributed by atoms with van der Waals surface area (Å²) in [5.74, 6) is -1.58. The van der Waals surface area contributed by atoms with Gasteiger partial charge in [-0.25, -0.2) is 4.79 Å². The van der Waals surface area contributed by atoms with Gasteiger partial charge in [0, 0.05) is 28.7 Å². The Labute approximate surface area is 79.2 Å². The van der Waals surface area contributed by atoms with Crippen molar-refractivity contribution in [3.8, 4) is 0 Å². The van der Waals surface area contributed by atoms with E-state index in [1.54, 1.807) is 6.92 Å². The molecule has 7 heteroatoms. The Morgan fingerprint density at radius 2 is 2.23 bits per heavy atom. The first-order valence-corrected chi connectivity index (χ1v) is 4.52. The van der Waals surface area contributed by atoms with Crippen molar-refractivity contribution in [2.24, 2.45) is 4.58 Å². The molecule has 0 spiro atoms. The van der Waals surface area contributed by atoms with Gasteiger partial charge in [0.2, 0.25) is 5.91 Å². The number of hydrogen-bond donors (Lipinski definition) is 2. The molecule has 0 aromatic heterocycles. The second-order valence-electron chi connectivity index (χ2n) is 2.18. The average Bonchev–Trinajstić information content (AvgIpc) is 2.11. The maximum Gasteiger partial charge on any atom is 0.327 e. The molecule has 0 heterocycles. The molecule has 1 atom stereocenters. The molecule has 0 bridgehead atoms. The van der Waals surface area contributed by atoms with Crippen LogP contribution < -0.4 is 5.32 Å². The van der Waals surface area contributed by atoms with Crippen molar-refractivity contribution >= 4 is 23.8 Å². The molecule has 0 aliphatic rings. The molecular weight excluding hydrogens is 196 g/mol. The predicted molar refractivity (Wildman–Crippen MR) is 48.1 cm³/mol. The Morgan fingerprint density at radius 1 is 1.62 bits per heavy atom. The summed E-state index contributed by atoms with van der Waals surface area (Å²) in [4.78, 5) is 31.0. The summed E-state index contributed by atoms with van der Waals surface area (Å²) in [5, 5.41) is 10.8. The van der Waals surface area contributed by atoms with Crippen LogP contribution in [0.4, 0.5) is 0 Å². The normalized spacial score (nSPS) is 11.8. The van der Waals surface area contributed by atoms with E-state index in [9.17, 15) is 14.5 Å². The minimum Gasteiger partial charge on any atom is -0.480 e. The molecule has 13 heavy (non-hydrogen) atoms. The molecule has 1 amide bonds. The molecule has 0 aliphatic heterocycles. The van der Waals surface area contributed by atoms with Crippen molar-refractivity contribution in [3.05, 3.63) is 4.91 Å². The SMILES string of the molecule is CCC(=O)N[C@@H](CSN=O)C(=O)O. The number of nitrogens with zero attached hydrogens (tertiary/aromatic N) is 1. The van der Waals surface area contributed by atoms with E-state index in [0.29, 0.717) is 11.9 Å². The fraction of sp³-hybridized carbons (Fsp3) is 0.667. The van der Waals surface area contributed by atoms with E-state index in [1.165, 1.54) is 0 Å². The minimum atomic E-state index is -1.17. The highest BCUT2D eigenvalue weighted by Gasteiger charge is 2.19. The lowest BCUT2D eigenvalue weighted by molar-refractivity contribution is -0.141. The fourth-order valence-electron chi connectivity index (χ4n) is 0.576. The van der Waals surface area contributed by atoms with Gasteiger partial charge in [-0.2, -0.15) is 0 Å². The summed E-state index contributed by atoms with van der Waals surface area (Å²) in [6.45, 7) is 1.61. The summed E-state index contributed by atoms with van der Waals surface area (Å²) in [7, 11) is 0. The van der Waals surface area contributed by atoms with E-state index in [4.69, 9.17) is 5.11 Å². The molecule has 2 N–H and O–H groups in total. The third-order valence-corrected chi connectivity index (χ3v) is 1.84. The largest absolute Gasteiger partial charge is 0.480 e. The number of nitrogens with one attached hydrogen (secondary N) is 1. The highest BCUT2D eigenvalue weighted by molar-refractivity contribution is 7.97. The van der Waals surface area contributed by atoms with Crippen LogP contribution in [0.15, 0.2) is 4.58 Å². The van der Waals surface area contributed by atoms with E-state index in [0.717, 1.165) is 0 Å². The fourth-order valence-corrected chi connectivity index (χ4v) is 1.01. The molecule has 0 saturated heterocycles. The number of amides is 1. The topological polar surface area (TPSA) is 95.8 Å². The number of carboxylic acids is 1. The van der Waals surface area contributed by atoms with Crippen molar-refractivity contribution in [1.82, 2.24) is 5.32 Å². The molecule has 0 radical (unpaired) electrons. The lowest BCUT2D eigenvalue weighted by atomic mass is 10.3. The zero-order valence-electron chi connectivity index (χ0n) is 7.02. The molecule has 74 valence electrons. The highest BCUT2D eigenvalue weighted by atomic mass is 32.2. The lowest BCUT2D eigenvalue weighted by Crippen LogP contribution is -2.42. The highest BCUT2D eigenvalue weighted by Crippen LogP contribution is 2.03. The van der Waals surface area contributed by atoms with Gasteiger partial charge in [-0.3, -0.25) is 4.79 Å². The zero-order valence-corrected chi connectivity index (χ0v) is 7.84. The molecule has 6 nitrogen and oxygen atoms in total. The molecular formula is C6H10N2O4S. The van der Waals surface area contributed by atoms with Crippen molar-refractivity contribution in [2.45, 2.75) is 19.4 Å². The van der Waals surface area contributed by atoms with Gasteiger partial charge < -0.3 is 10.4 Å². The Bertz CT molecular complexity index is 209. The average molecular weight is 206 g/mol. The third kappa shape index (κ3) is 5.18. The van der Waals surface area contributed by atoms with Gasteiger partial charge in [0.1, 0.15) is 6.04 Å². The van der Waals surface area contributed by atoms with Crippen molar-refractivity contribution < 1.29 is 14.7 Å². The maximum absolute atomic E-state index is 10.8. The third-order valence-electron chi connectivity index (χ3n) is 1.25. The van der Waals surface area contributed by atoms with Crippen LogP contribution in [0.2, 0.25) is 0 Å². The number of nitroso groups, excluding NO2 is 1. The van der Waals surface area contributed by atoms with Crippen LogP contribution in [0, 0.1) is 4.91 Å². The quantitative estimate of drug-likeness (QED) is 0.483. The van der Waals surface area contributed by atoms with Crippen molar-refractivity contribution in [2.75, 3.05) is 5.75 Å². The van der Waals surface area contributed by atoms with E-state index in [-0.39, 0.29) is 18.1 Å². The van der Waals surface area contributed by atoms with Crippen LogP contribution in [0.5, 0.6) is 0 Å².